The first kappa shape index (κ1) is 19.9. The molecular weight excluding hydrogens is 398 g/mol. The second kappa shape index (κ2) is 8.45. The van der Waals surface area contributed by atoms with Crippen molar-refractivity contribution in [2.45, 2.75) is 11.8 Å². The van der Waals surface area contributed by atoms with E-state index in [1.165, 1.54) is 7.11 Å². The number of carbonyl (C=O) groups is 1. The number of para-hydroxylation sites is 2. The van der Waals surface area contributed by atoms with E-state index in [1.54, 1.807) is 53.9 Å². The van der Waals surface area contributed by atoms with Gasteiger partial charge in [0, 0.05) is 10.9 Å². The Bertz CT molecular complexity index is 1070. The number of hydrogen-bond donors (Lipinski definition) is 1. The molecular formula is C20H19NO5S2. The van der Waals surface area contributed by atoms with Gasteiger partial charge in [0.05, 0.1) is 19.4 Å². The summed E-state index contributed by atoms with van der Waals surface area (Å²) >= 11 is 1.03. The molecule has 1 aromatic heterocycles. The maximum atomic E-state index is 13.3. The molecule has 0 aliphatic rings. The third kappa shape index (κ3) is 4.02. The third-order valence-electron chi connectivity index (χ3n) is 3.90. The minimum Gasteiger partial charge on any atom is -0.492 e. The Labute approximate surface area is 167 Å². The van der Waals surface area contributed by atoms with Crippen LogP contribution < -0.4 is 9.46 Å². The fourth-order valence-electron chi connectivity index (χ4n) is 2.69. The predicted molar refractivity (Wildman–Crippen MR) is 110 cm³/mol. The van der Waals surface area contributed by atoms with E-state index in [4.69, 9.17) is 9.47 Å². The minimum absolute atomic E-state index is 0.0164. The standard InChI is InChI=1S/C20H19NO5S2/c1-3-26-17-12-8-7-11-16(17)21-28(23,24)19-15(14-9-5-4-6-10-14)13-27-18(19)20(22)25-2/h4-13,21H,3H2,1-2H3. The molecule has 0 spiro atoms. The van der Waals surface area contributed by atoms with Gasteiger partial charge >= 0.3 is 5.97 Å². The quantitative estimate of drug-likeness (QED) is 0.576. The second-order valence-electron chi connectivity index (χ2n) is 5.70. The molecule has 1 N–H and O–H groups in total. The molecule has 0 aliphatic carbocycles. The second-order valence-corrected chi connectivity index (χ2v) is 8.20. The van der Waals surface area contributed by atoms with Gasteiger partial charge in [0.1, 0.15) is 15.5 Å². The Hall–Kier alpha value is -2.84. The molecule has 6 nitrogen and oxygen atoms in total. The van der Waals surface area contributed by atoms with Gasteiger partial charge in [-0.15, -0.1) is 11.3 Å². The van der Waals surface area contributed by atoms with Crippen LogP contribution in [0.25, 0.3) is 11.1 Å². The van der Waals surface area contributed by atoms with Crippen LogP contribution in [0.5, 0.6) is 5.75 Å². The first-order valence-corrected chi connectivity index (χ1v) is 10.8. The first-order chi connectivity index (χ1) is 13.5. The summed E-state index contributed by atoms with van der Waals surface area (Å²) in [5, 5.41) is 1.64. The lowest BCUT2D eigenvalue weighted by Gasteiger charge is -2.14. The molecule has 28 heavy (non-hydrogen) atoms. The SMILES string of the molecule is CCOc1ccccc1NS(=O)(=O)c1c(-c2ccccc2)csc1C(=O)OC. The zero-order chi connectivity index (χ0) is 20.1. The van der Waals surface area contributed by atoms with Crippen LogP contribution >= 0.6 is 11.3 Å². The largest absolute Gasteiger partial charge is 0.492 e. The van der Waals surface area contributed by atoms with E-state index in [9.17, 15) is 13.2 Å². The molecule has 3 aromatic rings. The van der Waals surface area contributed by atoms with Gasteiger partial charge in [-0.05, 0) is 24.6 Å². The Balaban J connectivity index is 2.13. The number of ether oxygens (including phenoxy) is 2. The van der Waals surface area contributed by atoms with Crippen molar-refractivity contribution >= 4 is 33.0 Å². The summed E-state index contributed by atoms with van der Waals surface area (Å²) < 4.78 is 39.4. The van der Waals surface area contributed by atoms with Crippen LogP contribution in [0.1, 0.15) is 16.6 Å². The number of anilines is 1. The average molecular weight is 418 g/mol. The molecule has 0 unspecified atom stereocenters. The number of thiophene rings is 1. The Morgan fingerprint density at radius 3 is 2.43 bits per heavy atom. The van der Waals surface area contributed by atoms with E-state index in [0.29, 0.717) is 29.2 Å². The maximum Gasteiger partial charge on any atom is 0.349 e. The molecule has 0 amide bonds. The Morgan fingerprint density at radius 1 is 1.07 bits per heavy atom. The van der Waals surface area contributed by atoms with Gasteiger partial charge in [-0.1, -0.05) is 42.5 Å². The molecule has 0 saturated carbocycles. The van der Waals surface area contributed by atoms with Crippen LogP contribution in [0.2, 0.25) is 0 Å². The van der Waals surface area contributed by atoms with E-state index >= 15 is 0 Å². The van der Waals surface area contributed by atoms with E-state index in [0.717, 1.165) is 11.3 Å². The average Bonchev–Trinajstić information content (AvgIpc) is 3.16. The van der Waals surface area contributed by atoms with Crippen LogP contribution in [0, 0.1) is 0 Å². The molecule has 1 heterocycles. The summed E-state index contributed by atoms with van der Waals surface area (Å²) in [5.41, 5.74) is 1.42. The van der Waals surface area contributed by atoms with Gasteiger partial charge in [-0.2, -0.15) is 0 Å². The predicted octanol–water partition coefficient (Wildman–Crippen LogP) is 4.40. The van der Waals surface area contributed by atoms with Gasteiger partial charge in [0.2, 0.25) is 0 Å². The van der Waals surface area contributed by atoms with Gasteiger partial charge < -0.3 is 9.47 Å². The number of methoxy groups -OCH3 is 1. The summed E-state index contributed by atoms with van der Waals surface area (Å²) in [5.74, 6) is -0.296. The van der Waals surface area contributed by atoms with Crippen molar-refractivity contribution in [3.63, 3.8) is 0 Å². The van der Waals surface area contributed by atoms with Crippen molar-refractivity contribution in [2.75, 3.05) is 18.4 Å². The normalized spacial score (nSPS) is 11.1. The number of hydrogen-bond acceptors (Lipinski definition) is 6. The molecule has 0 radical (unpaired) electrons. The van der Waals surface area contributed by atoms with Crippen molar-refractivity contribution in [3.8, 4) is 16.9 Å². The molecule has 8 heteroatoms. The summed E-state index contributed by atoms with van der Waals surface area (Å²) in [6.07, 6.45) is 0. The van der Waals surface area contributed by atoms with Gasteiger partial charge in [-0.25, -0.2) is 13.2 Å². The minimum atomic E-state index is -4.10. The van der Waals surface area contributed by atoms with Crippen molar-refractivity contribution in [2.24, 2.45) is 0 Å². The topological polar surface area (TPSA) is 81.7 Å². The summed E-state index contributed by atoms with van der Waals surface area (Å²) in [6, 6.07) is 15.8. The van der Waals surface area contributed by atoms with Gasteiger partial charge in [0.25, 0.3) is 10.0 Å². The lowest BCUT2D eigenvalue weighted by molar-refractivity contribution is 0.0602. The molecule has 0 bridgehead atoms. The van der Waals surface area contributed by atoms with Crippen molar-refractivity contribution < 1.29 is 22.7 Å². The first-order valence-electron chi connectivity index (χ1n) is 8.47. The van der Waals surface area contributed by atoms with Crippen molar-refractivity contribution in [1.82, 2.24) is 0 Å². The van der Waals surface area contributed by atoms with Gasteiger partial charge in [-0.3, -0.25) is 4.72 Å². The van der Waals surface area contributed by atoms with E-state index < -0.39 is 16.0 Å². The summed E-state index contributed by atoms with van der Waals surface area (Å²) in [4.78, 5) is 12.1. The zero-order valence-electron chi connectivity index (χ0n) is 15.3. The van der Waals surface area contributed by atoms with E-state index in [1.807, 2.05) is 13.0 Å². The highest BCUT2D eigenvalue weighted by Crippen LogP contribution is 2.37. The molecule has 3 rings (SSSR count). The highest BCUT2D eigenvalue weighted by atomic mass is 32.2. The Kier molecular flexibility index (Phi) is 6.01. The lowest BCUT2D eigenvalue weighted by atomic mass is 10.1. The highest BCUT2D eigenvalue weighted by Gasteiger charge is 2.30. The summed E-state index contributed by atoms with van der Waals surface area (Å²) in [6.45, 7) is 2.20. The van der Waals surface area contributed by atoms with Crippen molar-refractivity contribution in [3.05, 3.63) is 64.9 Å². The van der Waals surface area contributed by atoms with E-state index in [-0.39, 0.29) is 9.77 Å². The van der Waals surface area contributed by atoms with Crippen LogP contribution in [0.15, 0.2) is 64.9 Å². The monoisotopic (exact) mass is 417 g/mol. The lowest BCUT2D eigenvalue weighted by Crippen LogP contribution is -2.17. The molecule has 0 atom stereocenters. The molecule has 146 valence electrons. The molecule has 2 aromatic carbocycles. The molecule has 0 aliphatic heterocycles. The van der Waals surface area contributed by atoms with Crippen LogP contribution in [0.4, 0.5) is 5.69 Å². The molecule has 0 saturated heterocycles. The third-order valence-corrected chi connectivity index (χ3v) is 6.44. The Morgan fingerprint density at radius 2 is 1.75 bits per heavy atom. The smallest absolute Gasteiger partial charge is 0.349 e. The van der Waals surface area contributed by atoms with Crippen LogP contribution in [-0.4, -0.2) is 28.1 Å². The molecule has 0 fully saturated rings. The van der Waals surface area contributed by atoms with Crippen LogP contribution in [0.3, 0.4) is 0 Å². The van der Waals surface area contributed by atoms with Crippen molar-refractivity contribution in [1.29, 1.82) is 0 Å². The van der Waals surface area contributed by atoms with Gasteiger partial charge in [0.15, 0.2) is 0 Å². The highest BCUT2D eigenvalue weighted by molar-refractivity contribution is 7.93. The van der Waals surface area contributed by atoms with E-state index in [2.05, 4.69) is 4.72 Å². The fraction of sp³-hybridized carbons (Fsp3) is 0.150. The maximum absolute atomic E-state index is 13.3. The fourth-order valence-corrected chi connectivity index (χ4v) is 5.48. The number of benzene rings is 2. The number of sulfonamides is 1. The number of esters is 1. The number of nitrogens with one attached hydrogen (secondary N) is 1. The van der Waals surface area contributed by atoms with Crippen LogP contribution in [-0.2, 0) is 14.8 Å². The number of carbonyl (C=O) groups excluding carboxylic acids is 1. The summed E-state index contributed by atoms with van der Waals surface area (Å²) in [7, 11) is -2.88. The zero-order valence-corrected chi connectivity index (χ0v) is 17.0. The number of rotatable bonds is 7.